The van der Waals surface area contributed by atoms with Crippen molar-refractivity contribution in [2.45, 2.75) is 32.7 Å². The number of ether oxygens (including phenoxy) is 1. The Morgan fingerprint density at radius 2 is 1.77 bits per heavy atom. The van der Waals surface area contributed by atoms with Crippen molar-refractivity contribution < 1.29 is 27.5 Å². The van der Waals surface area contributed by atoms with Crippen molar-refractivity contribution >= 4 is 28.7 Å². The molecule has 43 heavy (non-hydrogen) atoms. The molecule has 8 nitrogen and oxygen atoms in total. The molecule has 1 aliphatic rings. The molecular weight excluding hydrogens is 554 g/mol. The fourth-order valence-corrected chi connectivity index (χ4v) is 5.25. The van der Waals surface area contributed by atoms with Crippen LogP contribution in [0.25, 0.3) is 33.4 Å². The van der Waals surface area contributed by atoms with Crippen LogP contribution in [0.1, 0.15) is 44.8 Å². The highest BCUT2D eigenvalue weighted by molar-refractivity contribution is 6.12. The van der Waals surface area contributed by atoms with E-state index in [1.807, 2.05) is 6.92 Å². The van der Waals surface area contributed by atoms with Gasteiger partial charge in [-0.25, -0.2) is 18.7 Å². The van der Waals surface area contributed by atoms with E-state index in [2.05, 4.69) is 15.3 Å². The molecular formula is C33H28F2N4O4. The molecule has 0 unspecified atom stereocenters. The highest BCUT2D eigenvalue weighted by Crippen LogP contribution is 2.41. The molecule has 1 aliphatic carbocycles. The van der Waals surface area contributed by atoms with E-state index in [1.165, 1.54) is 38.4 Å². The molecule has 1 saturated carbocycles. The Morgan fingerprint density at radius 3 is 2.42 bits per heavy atom. The van der Waals surface area contributed by atoms with Gasteiger partial charge in [-0.1, -0.05) is 0 Å². The first-order valence-corrected chi connectivity index (χ1v) is 13.8. The largest absolute Gasteiger partial charge is 0.496 e. The molecule has 1 fully saturated rings. The summed E-state index contributed by atoms with van der Waals surface area (Å²) >= 11 is 0. The summed E-state index contributed by atoms with van der Waals surface area (Å²) in [5.74, 6) is -1.32. The summed E-state index contributed by atoms with van der Waals surface area (Å²) in [7, 11) is 2.91. The Hall–Kier alpha value is -5.12. The zero-order valence-corrected chi connectivity index (χ0v) is 24.0. The van der Waals surface area contributed by atoms with E-state index < -0.39 is 17.5 Å². The van der Waals surface area contributed by atoms with Gasteiger partial charge in [0.1, 0.15) is 28.7 Å². The lowest BCUT2D eigenvalue weighted by Gasteiger charge is -2.22. The van der Waals surface area contributed by atoms with Crippen LogP contribution in [-0.4, -0.2) is 42.0 Å². The summed E-state index contributed by atoms with van der Waals surface area (Å²) in [4.78, 5) is 37.5. The van der Waals surface area contributed by atoms with E-state index >= 15 is 4.39 Å². The Labute approximate surface area is 246 Å². The van der Waals surface area contributed by atoms with Crippen LogP contribution in [0, 0.1) is 25.5 Å². The lowest BCUT2D eigenvalue weighted by Crippen LogP contribution is -2.35. The third kappa shape index (κ3) is 4.98. The van der Waals surface area contributed by atoms with Gasteiger partial charge < -0.3 is 14.5 Å². The predicted molar refractivity (Wildman–Crippen MR) is 158 cm³/mol. The number of hydrogen-bond acceptors (Lipinski definition) is 6. The Bertz CT molecular complexity index is 1900. The first kappa shape index (κ1) is 28.0. The van der Waals surface area contributed by atoms with Crippen LogP contribution in [0.15, 0.2) is 65.2 Å². The second kappa shape index (κ2) is 10.9. The number of aromatic nitrogens is 2. The van der Waals surface area contributed by atoms with Crippen molar-refractivity contribution in [1.29, 1.82) is 0 Å². The molecule has 0 atom stereocenters. The number of amides is 2. The van der Waals surface area contributed by atoms with Gasteiger partial charge >= 0.3 is 0 Å². The van der Waals surface area contributed by atoms with Gasteiger partial charge in [-0.2, -0.15) is 0 Å². The predicted octanol–water partition coefficient (Wildman–Crippen LogP) is 6.63. The lowest BCUT2D eigenvalue weighted by atomic mass is 9.94. The Balaban J connectivity index is 1.52. The van der Waals surface area contributed by atoms with Crippen LogP contribution in [0.2, 0.25) is 0 Å². The highest BCUT2D eigenvalue weighted by Gasteiger charge is 2.37. The topological polar surface area (TPSA) is 97.6 Å². The molecule has 3 aromatic carbocycles. The molecule has 6 rings (SSSR count). The molecule has 2 heterocycles. The Morgan fingerprint density at radius 1 is 1.02 bits per heavy atom. The van der Waals surface area contributed by atoms with Crippen molar-refractivity contribution in [3.05, 3.63) is 94.8 Å². The van der Waals surface area contributed by atoms with Crippen LogP contribution in [-0.2, 0) is 0 Å². The van der Waals surface area contributed by atoms with Crippen LogP contribution in [0.3, 0.4) is 0 Å². The standard InChI is InChI=1S/C33H28F2N4O4/c1-17-15-26(42-4)24(32(41)39(21-9-10-21)33-37-14-13-18(2)38-33)16-23(17)22-11-12-25-27(29(22)35)28(31(40)36-3)30(43-25)19-5-7-20(34)8-6-19/h5-8,11-16,21H,9-10H2,1-4H3,(H,36,40). The van der Waals surface area contributed by atoms with E-state index in [0.717, 1.165) is 18.5 Å². The summed E-state index contributed by atoms with van der Waals surface area (Å²) in [5.41, 5.74) is 2.78. The van der Waals surface area contributed by atoms with E-state index in [1.54, 1.807) is 48.4 Å². The number of halogens is 2. The van der Waals surface area contributed by atoms with Gasteiger partial charge in [0.15, 0.2) is 0 Å². The van der Waals surface area contributed by atoms with Crippen molar-refractivity contribution in [3.63, 3.8) is 0 Å². The average molecular weight is 583 g/mol. The number of anilines is 1. The van der Waals surface area contributed by atoms with E-state index in [4.69, 9.17) is 9.15 Å². The summed E-state index contributed by atoms with van der Waals surface area (Å²) in [6.45, 7) is 3.62. The molecule has 2 amide bonds. The highest BCUT2D eigenvalue weighted by atomic mass is 19.1. The number of carbonyl (C=O) groups excluding carboxylic acids is 2. The first-order chi connectivity index (χ1) is 20.7. The number of nitrogens with zero attached hydrogens (tertiary/aromatic N) is 3. The molecule has 5 aromatic rings. The minimum Gasteiger partial charge on any atom is -0.496 e. The fourth-order valence-electron chi connectivity index (χ4n) is 5.25. The quantitative estimate of drug-likeness (QED) is 0.231. The molecule has 0 radical (unpaired) electrons. The van der Waals surface area contributed by atoms with Crippen molar-refractivity contribution in [2.75, 3.05) is 19.1 Å². The van der Waals surface area contributed by atoms with E-state index in [-0.39, 0.29) is 45.4 Å². The van der Waals surface area contributed by atoms with Gasteiger partial charge in [0.05, 0.1) is 23.6 Å². The smallest absolute Gasteiger partial charge is 0.264 e. The maximum Gasteiger partial charge on any atom is 0.264 e. The second-order valence-corrected chi connectivity index (χ2v) is 10.5. The number of aryl methyl sites for hydroxylation is 2. The van der Waals surface area contributed by atoms with E-state index in [9.17, 15) is 14.0 Å². The van der Waals surface area contributed by atoms with Crippen molar-refractivity contribution in [3.8, 4) is 28.2 Å². The van der Waals surface area contributed by atoms with Gasteiger partial charge in [0, 0.05) is 36.1 Å². The lowest BCUT2D eigenvalue weighted by molar-refractivity contribution is 0.0961. The first-order valence-electron chi connectivity index (χ1n) is 13.8. The SMILES string of the molecule is CNC(=O)c1c(-c2ccc(F)cc2)oc2ccc(-c3cc(C(=O)N(c4nccc(C)n4)C4CC4)c(OC)cc3C)c(F)c12. The number of carbonyl (C=O) groups is 2. The van der Waals surface area contributed by atoms with Gasteiger partial charge in [0.25, 0.3) is 11.8 Å². The van der Waals surface area contributed by atoms with Crippen LogP contribution in [0.5, 0.6) is 5.75 Å². The van der Waals surface area contributed by atoms with Crippen molar-refractivity contribution in [1.82, 2.24) is 15.3 Å². The number of rotatable bonds is 7. The zero-order valence-electron chi connectivity index (χ0n) is 24.0. The summed E-state index contributed by atoms with van der Waals surface area (Å²) < 4.78 is 41.7. The molecule has 0 saturated heterocycles. The van der Waals surface area contributed by atoms with Gasteiger partial charge in [0.2, 0.25) is 5.95 Å². The molecule has 218 valence electrons. The summed E-state index contributed by atoms with van der Waals surface area (Å²) in [6.07, 6.45) is 3.24. The monoisotopic (exact) mass is 582 g/mol. The van der Waals surface area contributed by atoms with Crippen LogP contribution < -0.4 is 15.0 Å². The molecule has 1 N–H and O–H groups in total. The minimum atomic E-state index is -0.694. The maximum atomic E-state index is 16.6. The van der Waals surface area contributed by atoms with Crippen molar-refractivity contribution in [2.24, 2.45) is 0 Å². The maximum absolute atomic E-state index is 16.6. The fraction of sp³-hybridized carbons (Fsp3) is 0.212. The van der Waals surface area contributed by atoms with Gasteiger partial charge in [-0.05, 0) is 92.4 Å². The molecule has 0 aliphatic heterocycles. The summed E-state index contributed by atoms with van der Waals surface area (Å²) in [6, 6.07) is 13.5. The average Bonchev–Trinajstić information content (AvgIpc) is 3.75. The van der Waals surface area contributed by atoms with Gasteiger partial charge in [-0.3, -0.25) is 14.5 Å². The zero-order chi connectivity index (χ0) is 30.4. The number of hydrogen-bond donors (Lipinski definition) is 1. The number of nitrogens with one attached hydrogen (secondary N) is 1. The second-order valence-electron chi connectivity index (χ2n) is 10.5. The van der Waals surface area contributed by atoms with Gasteiger partial charge in [-0.15, -0.1) is 0 Å². The normalized spacial score (nSPS) is 12.8. The number of benzene rings is 3. The van der Waals surface area contributed by atoms with Crippen LogP contribution in [0.4, 0.5) is 14.7 Å². The number of furan rings is 1. The minimum absolute atomic E-state index is 0.0116. The molecule has 10 heteroatoms. The van der Waals surface area contributed by atoms with Crippen LogP contribution >= 0.6 is 0 Å². The molecule has 0 bridgehead atoms. The summed E-state index contributed by atoms with van der Waals surface area (Å²) in [5, 5.41) is 2.53. The number of methoxy groups -OCH3 is 1. The third-order valence-corrected chi connectivity index (χ3v) is 7.55. The third-order valence-electron chi connectivity index (χ3n) is 7.55. The Kier molecular flexibility index (Phi) is 7.13. The molecule has 2 aromatic heterocycles. The van der Waals surface area contributed by atoms with E-state index in [0.29, 0.717) is 28.4 Å². The number of fused-ring (bicyclic) bond motifs is 1. The molecule has 0 spiro atoms.